The number of hydrogen-bond donors (Lipinski definition) is 3. The Bertz CT molecular complexity index is 633. The SMILES string of the molecule is COc1ccc(C(C)NC[C@H](O)CP(=O)(O)CC2CCCCC2)c(OC)c1. The van der Waals surface area contributed by atoms with Gasteiger partial charge in [-0.1, -0.05) is 25.3 Å². The number of hydrogen-bond acceptors (Lipinski definition) is 5. The first-order chi connectivity index (χ1) is 12.8. The maximum absolute atomic E-state index is 12.5. The number of rotatable bonds is 10. The van der Waals surface area contributed by atoms with E-state index in [4.69, 9.17) is 9.47 Å². The minimum absolute atomic E-state index is 0.0526. The molecule has 7 heteroatoms. The van der Waals surface area contributed by atoms with E-state index in [1.54, 1.807) is 14.2 Å². The molecule has 2 rings (SSSR count). The van der Waals surface area contributed by atoms with Crippen molar-refractivity contribution in [3.8, 4) is 11.5 Å². The van der Waals surface area contributed by atoms with E-state index in [0.717, 1.165) is 31.2 Å². The summed E-state index contributed by atoms with van der Waals surface area (Å²) in [5.41, 5.74) is 0.944. The van der Waals surface area contributed by atoms with Gasteiger partial charge in [0, 0.05) is 30.4 Å². The molecule has 0 bridgehead atoms. The predicted octanol–water partition coefficient (Wildman–Crippen LogP) is 3.57. The zero-order valence-corrected chi connectivity index (χ0v) is 17.6. The molecule has 6 nitrogen and oxygen atoms in total. The largest absolute Gasteiger partial charge is 0.497 e. The van der Waals surface area contributed by atoms with Crippen molar-refractivity contribution in [1.82, 2.24) is 5.32 Å². The molecule has 1 saturated carbocycles. The first-order valence-corrected chi connectivity index (χ1v) is 11.8. The Morgan fingerprint density at radius 1 is 1.22 bits per heavy atom. The maximum atomic E-state index is 12.5. The Balaban J connectivity index is 1.85. The molecule has 1 aromatic carbocycles. The smallest absolute Gasteiger partial charge is 0.203 e. The van der Waals surface area contributed by atoms with E-state index >= 15 is 0 Å². The second-order valence-electron chi connectivity index (χ2n) is 7.61. The molecule has 27 heavy (non-hydrogen) atoms. The molecule has 0 aliphatic heterocycles. The average molecular weight is 399 g/mol. The van der Waals surface area contributed by atoms with Gasteiger partial charge in [0.2, 0.25) is 7.37 Å². The lowest BCUT2D eigenvalue weighted by atomic mass is 9.91. The molecule has 2 unspecified atom stereocenters. The Hall–Kier alpha value is -1.07. The lowest BCUT2D eigenvalue weighted by Gasteiger charge is -2.25. The van der Waals surface area contributed by atoms with E-state index in [-0.39, 0.29) is 18.7 Å². The van der Waals surface area contributed by atoms with Gasteiger partial charge in [0.25, 0.3) is 0 Å². The highest BCUT2D eigenvalue weighted by atomic mass is 31.2. The van der Waals surface area contributed by atoms with Crippen LogP contribution in [0, 0.1) is 5.92 Å². The fourth-order valence-electron chi connectivity index (χ4n) is 3.84. The van der Waals surface area contributed by atoms with Crippen LogP contribution in [-0.2, 0) is 4.57 Å². The van der Waals surface area contributed by atoms with Crippen molar-refractivity contribution >= 4 is 7.37 Å². The van der Waals surface area contributed by atoms with Gasteiger partial charge in [-0.15, -0.1) is 0 Å². The average Bonchev–Trinajstić information content (AvgIpc) is 2.65. The van der Waals surface area contributed by atoms with Gasteiger partial charge in [-0.25, -0.2) is 0 Å². The van der Waals surface area contributed by atoms with Gasteiger partial charge in [-0.2, -0.15) is 0 Å². The number of aliphatic hydroxyl groups is 1. The summed E-state index contributed by atoms with van der Waals surface area (Å²) >= 11 is 0. The molecule has 1 aromatic rings. The van der Waals surface area contributed by atoms with Crippen LogP contribution < -0.4 is 14.8 Å². The van der Waals surface area contributed by atoms with Crippen molar-refractivity contribution in [3.05, 3.63) is 23.8 Å². The topological polar surface area (TPSA) is 88.0 Å². The van der Waals surface area contributed by atoms with E-state index < -0.39 is 13.5 Å². The fraction of sp³-hybridized carbons (Fsp3) is 0.700. The fourth-order valence-corrected chi connectivity index (χ4v) is 5.95. The van der Waals surface area contributed by atoms with Gasteiger partial charge < -0.3 is 24.8 Å². The van der Waals surface area contributed by atoms with Crippen molar-refractivity contribution < 1.29 is 24.0 Å². The lowest BCUT2D eigenvalue weighted by molar-refractivity contribution is 0.185. The molecular formula is C20H34NO5P. The molecule has 0 saturated heterocycles. The third kappa shape index (κ3) is 7.11. The number of ether oxygens (including phenoxy) is 2. The third-order valence-electron chi connectivity index (χ3n) is 5.33. The van der Waals surface area contributed by atoms with Gasteiger partial charge in [-0.05, 0) is 31.7 Å². The minimum atomic E-state index is -3.31. The maximum Gasteiger partial charge on any atom is 0.203 e. The van der Waals surface area contributed by atoms with Gasteiger partial charge >= 0.3 is 0 Å². The quantitative estimate of drug-likeness (QED) is 0.522. The van der Waals surface area contributed by atoms with Crippen molar-refractivity contribution in [1.29, 1.82) is 0 Å². The summed E-state index contributed by atoms with van der Waals surface area (Å²) in [4.78, 5) is 10.3. The van der Waals surface area contributed by atoms with Crippen LogP contribution in [0.15, 0.2) is 18.2 Å². The standard InChI is InChI=1S/C20H34NO5P/c1-15(19-10-9-18(25-2)11-20(19)26-3)21-12-17(22)14-27(23,24)13-16-7-5-4-6-8-16/h9-11,15-17,21-22H,4-8,12-14H2,1-3H3,(H,23,24)/t15?,17-/m0/s1. The number of benzene rings is 1. The number of aliphatic hydroxyl groups excluding tert-OH is 1. The van der Waals surface area contributed by atoms with Crippen LogP contribution in [-0.4, -0.2) is 49.2 Å². The summed E-state index contributed by atoms with van der Waals surface area (Å²) in [6, 6.07) is 5.52. The van der Waals surface area contributed by atoms with E-state index in [2.05, 4.69) is 5.32 Å². The number of methoxy groups -OCH3 is 2. The summed E-state index contributed by atoms with van der Waals surface area (Å²) < 4.78 is 23.1. The summed E-state index contributed by atoms with van der Waals surface area (Å²) in [5, 5.41) is 13.5. The normalized spacial score (nSPS) is 19.9. The molecule has 0 heterocycles. The van der Waals surface area contributed by atoms with Crippen LogP contribution in [0.3, 0.4) is 0 Å². The molecule has 1 aliphatic carbocycles. The van der Waals surface area contributed by atoms with Crippen LogP contribution in [0.2, 0.25) is 0 Å². The molecule has 0 amide bonds. The molecule has 3 atom stereocenters. The summed E-state index contributed by atoms with van der Waals surface area (Å²) in [6.45, 7) is 2.23. The molecule has 0 radical (unpaired) electrons. The van der Waals surface area contributed by atoms with Crippen LogP contribution in [0.4, 0.5) is 0 Å². The lowest BCUT2D eigenvalue weighted by Crippen LogP contribution is -2.32. The zero-order chi connectivity index (χ0) is 19.9. The Morgan fingerprint density at radius 3 is 2.56 bits per heavy atom. The summed E-state index contributed by atoms with van der Waals surface area (Å²) in [6.07, 6.45) is 5.03. The Labute approximate surface area is 162 Å². The second kappa shape index (κ2) is 10.5. The van der Waals surface area contributed by atoms with Crippen molar-refractivity contribution in [2.45, 2.75) is 51.2 Å². The third-order valence-corrected chi connectivity index (χ3v) is 7.41. The Kier molecular flexibility index (Phi) is 8.62. The van der Waals surface area contributed by atoms with E-state index in [1.165, 1.54) is 6.42 Å². The zero-order valence-electron chi connectivity index (χ0n) is 16.7. The van der Waals surface area contributed by atoms with Crippen molar-refractivity contribution in [2.24, 2.45) is 5.92 Å². The van der Waals surface area contributed by atoms with Crippen molar-refractivity contribution in [3.63, 3.8) is 0 Å². The molecular weight excluding hydrogens is 365 g/mol. The van der Waals surface area contributed by atoms with Crippen molar-refractivity contribution in [2.75, 3.05) is 33.1 Å². The first kappa shape index (κ1) is 22.2. The van der Waals surface area contributed by atoms with Crippen LogP contribution >= 0.6 is 7.37 Å². The molecule has 0 aromatic heterocycles. The van der Waals surface area contributed by atoms with Crippen LogP contribution in [0.5, 0.6) is 11.5 Å². The summed E-state index contributed by atoms with van der Waals surface area (Å²) in [7, 11) is -0.0978. The highest BCUT2D eigenvalue weighted by molar-refractivity contribution is 7.58. The molecule has 3 N–H and O–H groups in total. The van der Waals surface area contributed by atoms with Gasteiger partial charge in [0.1, 0.15) is 11.5 Å². The molecule has 1 aliphatic rings. The van der Waals surface area contributed by atoms with Crippen LogP contribution in [0.25, 0.3) is 0 Å². The predicted molar refractivity (Wildman–Crippen MR) is 108 cm³/mol. The first-order valence-electron chi connectivity index (χ1n) is 9.79. The summed E-state index contributed by atoms with van der Waals surface area (Å²) in [5.74, 6) is 1.75. The highest BCUT2D eigenvalue weighted by Crippen LogP contribution is 2.46. The van der Waals surface area contributed by atoms with Gasteiger partial charge in [0.15, 0.2) is 0 Å². The highest BCUT2D eigenvalue weighted by Gasteiger charge is 2.28. The molecule has 1 fully saturated rings. The molecule has 154 valence electrons. The minimum Gasteiger partial charge on any atom is -0.497 e. The monoisotopic (exact) mass is 399 g/mol. The molecule has 0 spiro atoms. The number of nitrogens with one attached hydrogen (secondary N) is 1. The second-order valence-corrected chi connectivity index (χ2v) is 10.0. The van der Waals surface area contributed by atoms with E-state index in [9.17, 15) is 14.6 Å². The van der Waals surface area contributed by atoms with E-state index in [0.29, 0.717) is 23.6 Å². The Morgan fingerprint density at radius 2 is 1.93 bits per heavy atom. The van der Waals surface area contributed by atoms with E-state index in [1.807, 2.05) is 25.1 Å². The van der Waals surface area contributed by atoms with Gasteiger partial charge in [0.05, 0.1) is 26.5 Å². The van der Waals surface area contributed by atoms with Gasteiger partial charge in [-0.3, -0.25) is 4.57 Å². The van der Waals surface area contributed by atoms with Crippen LogP contribution in [0.1, 0.15) is 50.6 Å².